The van der Waals surface area contributed by atoms with E-state index < -0.39 is 0 Å². The minimum absolute atomic E-state index is 0.434. The minimum atomic E-state index is 0.434. The van der Waals surface area contributed by atoms with E-state index in [0.717, 1.165) is 16.7 Å². The molecule has 0 saturated carbocycles. The van der Waals surface area contributed by atoms with Gasteiger partial charge >= 0.3 is 0 Å². The van der Waals surface area contributed by atoms with Crippen LogP contribution in [0.2, 0.25) is 0 Å². The molecule has 0 bridgehead atoms. The molecule has 0 spiro atoms. The van der Waals surface area contributed by atoms with Gasteiger partial charge in [-0.2, -0.15) is 5.10 Å². The molecule has 62 valence electrons. The van der Waals surface area contributed by atoms with Crippen LogP contribution in [0.15, 0.2) is 18.3 Å². The van der Waals surface area contributed by atoms with Gasteiger partial charge in [-0.3, -0.25) is 4.68 Å². The molecular weight excluding hydrogens is 174 g/mol. The summed E-state index contributed by atoms with van der Waals surface area (Å²) in [6.45, 7) is 0. The summed E-state index contributed by atoms with van der Waals surface area (Å²) in [5.41, 5.74) is 1.77. The van der Waals surface area contributed by atoms with Crippen molar-refractivity contribution in [3.05, 3.63) is 24.0 Å². The van der Waals surface area contributed by atoms with Gasteiger partial charge in [-0.15, -0.1) is 11.6 Å². The van der Waals surface area contributed by atoms with Gasteiger partial charge in [0.25, 0.3) is 0 Å². The number of nitrogens with zero attached hydrogens (tertiary/aromatic N) is 3. The molecule has 4 heteroatoms. The number of rotatable bonds is 1. The number of hydrogen-bond donors (Lipinski definition) is 0. The summed E-state index contributed by atoms with van der Waals surface area (Å²) in [4.78, 5) is 4.19. The van der Waals surface area contributed by atoms with Gasteiger partial charge in [-0.05, 0) is 12.1 Å². The maximum absolute atomic E-state index is 5.72. The first-order valence-electron chi connectivity index (χ1n) is 3.65. The second-order valence-electron chi connectivity index (χ2n) is 2.58. The minimum Gasteiger partial charge on any atom is -0.250 e. The van der Waals surface area contributed by atoms with E-state index >= 15 is 0 Å². The van der Waals surface area contributed by atoms with Crippen molar-refractivity contribution in [2.75, 3.05) is 0 Å². The zero-order valence-corrected chi connectivity index (χ0v) is 7.41. The molecule has 0 aliphatic carbocycles. The lowest BCUT2D eigenvalue weighted by molar-refractivity contribution is 0.771. The number of alkyl halides is 1. The normalized spacial score (nSPS) is 10.8. The Morgan fingerprint density at radius 3 is 3.17 bits per heavy atom. The summed E-state index contributed by atoms with van der Waals surface area (Å²) in [5, 5.41) is 5.27. The third-order valence-corrected chi connectivity index (χ3v) is 2.05. The Morgan fingerprint density at radius 1 is 1.58 bits per heavy atom. The van der Waals surface area contributed by atoms with Gasteiger partial charge in [0.2, 0.25) is 0 Å². The van der Waals surface area contributed by atoms with Crippen molar-refractivity contribution in [1.82, 2.24) is 14.8 Å². The van der Waals surface area contributed by atoms with Crippen LogP contribution < -0.4 is 0 Å². The largest absolute Gasteiger partial charge is 0.250 e. The first-order chi connectivity index (χ1) is 5.83. The monoisotopic (exact) mass is 181 g/mol. The Morgan fingerprint density at radius 2 is 2.42 bits per heavy atom. The molecule has 12 heavy (non-hydrogen) atoms. The lowest BCUT2D eigenvalue weighted by Crippen LogP contribution is -1.91. The second kappa shape index (κ2) is 2.75. The summed E-state index contributed by atoms with van der Waals surface area (Å²) in [7, 11) is 1.87. The highest BCUT2D eigenvalue weighted by molar-refractivity contribution is 6.17. The average Bonchev–Trinajstić information content (AvgIpc) is 2.44. The van der Waals surface area contributed by atoms with Gasteiger partial charge in [0.1, 0.15) is 0 Å². The van der Waals surface area contributed by atoms with Crippen LogP contribution in [-0.2, 0) is 12.9 Å². The average molecular weight is 182 g/mol. The topological polar surface area (TPSA) is 30.7 Å². The Hall–Kier alpha value is -1.09. The van der Waals surface area contributed by atoms with Crippen molar-refractivity contribution in [3.63, 3.8) is 0 Å². The van der Waals surface area contributed by atoms with E-state index in [0.29, 0.717) is 5.88 Å². The molecule has 3 nitrogen and oxygen atoms in total. The molecule has 0 N–H and O–H groups in total. The Balaban J connectivity index is 2.82. The molecule has 0 aromatic carbocycles. The van der Waals surface area contributed by atoms with Crippen molar-refractivity contribution in [3.8, 4) is 0 Å². The van der Waals surface area contributed by atoms with Gasteiger partial charge in [0, 0.05) is 18.6 Å². The van der Waals surface area contributed by atoms with E-state index in [1.54, 1.807) is 10.9 Å². The smallest absolute Gasteiger partial charge is 0.157 e. The highest BCUT2D eigenvalue weighted by atomic mass is 35.5. The molecule has 0 radical (unpaired) electrons. The second-order valence-corrected chi connectivity index (χ2v) is 2.85. The maximum atomic E-state index is 5.72. The van der Waals surface area contributed by atoms with E-state index in [4.69, 9.17) is 11.6 Å². The van der Waals surface area contributed by atoms with E-state index in [2.05, 4.69) is 10.1 Å². The Kier molecular flexibility index (Phi) is 1.73. The van der Waals surface area contributed by atoms with Gasteiger partial charge in [0.15, 0.2) is 5.65 Å². The molecule has 0 fully saturated rings. The fourth-order valence-corrected chi connectivity index (χ4v) is 1.46. The molecular formula is C8H8ClN3. The third kappa shape index (κ3) is 0.975. The number of halogens is 1. The molecule has 2 aromatic heterocycles. The van der Waals surface area contributed by atoms with Crippen LogP contribution in [0.3, 0.4) is 0 Å². The predicted octanol–water partition coefficient (Wildman–Crippen LogP) is 1.71. The van der Waals surface area contributed by atoms with Crippen molar-refractivity contribution >= 4 is 22.6 Å². The summed E-state index contributed by atoms with van der Waals surface area (Å²) in [6, 6.07) is 3.87. The fourth-order valence-electron chi connectivity index (χ4n) is 1.26. The first kappa shape index (κ1) is 7.55. The number of hydrogen-bond acceptors (Lipinski definition) is 2. The zero-order valence-electron chi connectivity index (χ0n) is 6.66. The molecule has 0 aliphatic heterocycles. The van der Waals surface area contributed by atoms with Crippen LogP contribution in [0.25, 0.3) is 11.0 Å². The quantitative estimate of drug-likeness (QED) is 0.627. The fraction of sp³-hybridized carbons (Fsp3) is 0.250. The van der Waals surface area contributed by atoms with E-state index in [1.165, 1.54) is 0 Å². The first-order valence-corrected chi connectivity index (χ1v) is 4.19. The molecule has 2 aromatic rings. The molecule has 0 saturated heterocycles. The zero-order chi connectivity index (χ0) is 8.55. The highest BCUT2D eigenvalue weighted by Gasteiger charge is 2.06. The van der Waals surface area contributed by atoms with Crippen LogP contribution in [0.1, 0.15) is 5.69 Å². The number of aryl methyl sites for hydroxylation is 1. The van der Waals surface area contributed by atoms with Crippen molar-refractivity contribution in [2.24, 2.45) is 7.05 Å². The van der Waals surface area contributed by atoms with Crippen molar-refractivity contribution < 1.29 is 0 Å². The Bertz CT molecular complexity index is 408. The van der Waals surface area contributed by atoms with E-state index in [1.807, 2.05) is 19.2 Å². The molecule has 0 aliphatic rings. The van der Waals surface area contributed by atoms with E-state index in [9.17, 15) is 0 Å². The SMILES string of the molecule is Cn1nc(CCl)c2cccnc21. The van der Waals surface area contributed by atoms with Crippen LogP contribution in [0, 0.1) is 0 Å². The standard InChI is InChI=1S/C8H8ClN3/c1-12-8-6(3-2-4-10-8)7(5-9)11-12/h2-4H,5H2,1H3. The van der Waals surface area contributed by atoms with Crippen LogP contribution in [-0.4, -0.2) is 14.8 Å². The third-order valence-electron chi connectivity index (χ3n) is 1.80. The molecule has 0 amide bonds. The summed E-state index contributed by atoms with van der Waals surface area (Å²) in [5.74, 6) is 0.434. The Labute approximate surface area is 75.0 Å². The highest BCUT2D eigenvalue weighted by Crippen LogP contribution is 2.16. The predicted molar refractivity (Wildman–Crippen MR) is 48.1 cm³/mol. The molecule has 2 rings (SSSR count). The lowest BCUT2D eigenvalue weighted by Gasteiger charge is -1.89. The lowest BCUT2D eigenvalue weighted by atomic mass is 10.3. The van der Waals surface area contributed by atoms with Gasteiger partial charge < -0.3 is 0 Å². The van der Waals surface area contributed by atoms with E-state index in [-0.39, 0.29) is 0 Å². The van der Waals surface area contributed by atoms with Crippen LogP contribution >= 0.6 is 11.6 Å². The molecule has 0 atom stereocenters. The summed E-state index contributed by atoms with van der Waals surface area (Å²) in [6.07, 6.45) is 1.75. The number of fused-ring (bicyclic) bond motifs is 1. The van der Waals surface area contributed by atoms with Crippen molar-refractivity contribution in [1.29, 1.82) is 0 Å². The summed E-state index contributed by atoms with van der Waals surface area (Å²) >= 11 is 5.72. The van der Waals surface area contributed by atoms with Gasteiger partial charge in [-0.1, -0.05) is 0 Å². The summed E-state index contributed by atoms with van der Waals surface area (Å²) < 4.78 is 1.74. The number of aromatic nitrogens is 3. The van der Waals surface area contributed by atoms with Gasteiger partial charge in [-0.25, -0.2) is 4.98 Å². The number of pyridine rings is 1. The molecule has 0 unspecified atom stereocenters. The van der Waals surface area contributed by atoms with Gasteiger partial charge in [0.05, 0.1) is 11.6 Å². The van der Waals surface area contributed by atoms with Crippen LogP contribution in [0.4, 0.5) is 0 Å². The maximum Gasteiger partial charge on any atom is 0.157 e. The van der Waals surface area contributed by atoms with Crippen LogP contribution in [0.5, 0.6) is 0 Å². The molecule has 2 heterocycles. The van der Waals surface area contributed by atoms with Crippen molar-refractivity contribution in [2.45, 2.75) is 5.88 Å².